The van der Waals surface area contributed by atoms with Crippen molar-refractivity contribution in [3.63, 3.8) is 0 Å². The molecule has 0 aliphatic rings. The Balaban J connectivity index is 1.54. The molecule has 0 aliphatic carbocycles. The predicted octanol–water partition coefficient (Wildman–Crippen LogP) is 2.20. The van der Waals surface area contributed by atoms with Crippen LogP contribution in [0.1, 0.15) is 21.6 Å². The number of pyridine rings is 1. The van der Waals surface area contributed by atoms with Crippen LogP contribution in [0.5, 0.6) is 0 Å². The van der Waals surface area contributed by atoms with Gasteiger partial charge < -0.3 is 14.9 Å². The summed E-state index contributed by atoms with van der Waals surface area (Å²) < 4.78 is 5.19. The molecule has 0 aliphatic heterocycles. The van der Waals surface area contributed by atoms with E-state index in [1.54, 1.807) is 24.5 Å². The van der Waals surface area contributed by atoms with E-state index in [4.69, 9.17) is 9.63 Å². The normalized spacial score (nSPS) is 10.5. The van der Waals surface area contributed by atoms with Crippen molar-refractivity contribution in [2.75, 3.05) is 6.54 Å². The quantitative estimate of drug-likeness (QED) is 0.726. The van der Waals surface area contributed by atoms with E-state index in [0.717, 1.165) is 16.7 Å². The summed E-state index contributed by atoms with van der Waals surface area (Å²) in [6.07, 6.45) is 4.02. The zero-order valence-electron chi connectivity index (χ0n) is 13.0. The number of aliphatic hydroxyl groups is 1. The van der Waals surface area contributed by atoms with E-state index < -0.39 is 0 Å². The molecule has 0 bridgehead atoms. The van der Waals surface area contributed by atoms with Gasteiger partial charge in [0.2, 0.25) is 0 Å². The lowest BCUT2D eigenvalue weighted by atomic mass is 10.1. The van der Waals surface area contributed by atoms with Crippen LogP contribution < -0.4 is 5.32 Å². The first-order valence-corrected chi connectivity index (χ1v) is 7.60. The molecule has 0 saturated carbocycles. The first-order chi connectivity index (χ1) is 11.8. The Morgan fingerprint density at radius 1 is 1.17 bits per heavy atom. The molecule has 1 aromatic carbocycles. The average molecular weight is 323 g/mol. The minimum Gasteiger partial charge on any atom is -0.392 e. The topological polar surface area (TPSA) is 88.2 Å². The van der Waals surface area contributed by atoms with Crippen molar-refractivity contribution >= 4 is 5.91 Å². The monoisotopic (exact) mass is 323 g/mol. The molecular weight excluding hydrogens is 306 g/mol. The maximum absolute atomic E-state index is 12.1. The van der Waals surface area contributed by atoms with Gasteiger partial charge in [0.25, 0.3) is 5.91 Å². The highest BCUT2D eigenvalue weighted by molar-refractivity contribution is 5.93. The van der Waals surface area contributed by atoms with E-state index in [9.17, 15) is 4.79 Å². The molecule has 122 valence electrons. The van der Waals surface area contributed by atoms with Gasteiger partial charge in [0.15, 0.2) is 11.5 Å². The number of amides is 1. The summed E-state index contributed by atoms with van der Waals surface area (Å²) in [6.45, 7) is 0.523. The summed E-state index contributed by atoms with van der Waals surface area (Å²) >= 11 is 0. The van der Waals surface area contributed by atoms with Crippen LogP contribution in [0, 0.1) is 0 Å². The second-order valence-electron chi connectivity index (χ2n) is 5.30. The minimum absolute atomic E-state index is 0.0302. The number of carbonyl (C=O) groups is 1. The lowest BCUT2D eigenvalue weighted by Gasteiger charge is -2.04. The van der Waals surface area contributed by atoms with E-state index in [0.29, 0.717) is 18.7 Å². The molecule has 2 aromatic heterocycles. The fraction of sp³-hybridized carbons (Fsp3) is 0.167. The van der Waals surface area contributed by atoms with Gasteiger partial charge in [-0.1, -0.05) is 29.4 Å². The van der Waals surface area contributed by atoms with Crippen molar-refractivity contribution in [2.24, 2.45) is 0 Å². The summed E-state index contributed by atoms with van der Waals surface area (Å²) in [7, 11) is 0. The summed E-state index contributed by atoms with van der Waals surface area (Å²) in [6, 6.07) is 12.8. The van der Waals surface area contributed by atoms with Gasteiger partial charge in [-0.15, -0.1) is 0 Å². The van der Waals surface area contributed by atoms with Crippen LogP contribution >= 0.6 is 0 Å². The molecule has 0 unspecified atom stereocenters. The van der Waals surface area contributed by atoms with Crippen LogP contribution in [-0.4, -0.2) is 27.7 Å². The van der Waals surface area contributed by atoms with Crippen molar-refractivity contribution in [3.8, 4) is 11.3 Å². The zero-order valence-corrected chi connectivity index (χ0v) is 13.0. The Kier molecular flexibility index (Phi) is 4.98. The number of hydrogen-bond donors (Lipinski definition) is 2. The van der Waals surface area contributed by atoms with Gasteiger partial charge in [-0.05, 0) is 29.7 Å². The second kappa shape index (κ2) is 7.52. The molecule has 6 heteroatoms. The van der Waals surface area contributed by atoms with E-state index in [1.165, 1.54) is 0 Å². The fourth-order valence-electron chi connectivity index (χ4n) is 2.25. The van der Waals surface area contributed by atoms with Gasteiger partial charge in [-0.2, -0.15) is 0 Å². The molecule has 3 aromatic rings. The van der Waals surface area contributed by atoms with Crippen molar-refractivity contribution in [3.05, 3.63) is 71.7 Å². The molecule has 0 radical (unpaired) electrons. The maximum Gasteiger partial charge on any atom is 0.273 e. The molecule has 6 nitrogen and oxygen atoms in total. The van der Waals surface area contributed by atoms with Gasteiger partial charge in [0.05, 0.1) is 6.61 Å². The summed E-state index contributed by atoms with van der Waals surface area (Å²) in [5.74, 6) is 0.230. The Hall–Kier alpha value is -2.99. The molecule has 1 amide bonds. The van der Waals surface area contributed by atoms with Crippen LogP contribution in [0.25, 0.3) is 11.3 Å². The average Bonchev–Trinajstić information content (AvgIpc) is 3.13. The molecule has 0 spiro atoms. The van der Waals surface area contributed by atoms with Crippen molar-refractivity contribution in [1.82, 2.24) is 15.5 Å². The number of aliphatic hydroxyl groups excluding tert-OH is 1. The van der Waals surface area contributed by atoms with Crippen LogP contribution in [0.3, 0.4) is 0 Å². The molecule has 0 atom stereocenters. The molecule has 3 rings (SSSR count). The van der Waals surface area contributed by atoms with Gasteiger partial charge in [-0.3, -0.25) is 9.78 Å². The largest absolute Gasteiger partial charge is 0.392 e. The molecule has 0 fully saturated rings. The standard InChI is InChI=1S/C18H17N3O3/c22-12-14-5-3-13(4-6-14)7-9-20-18(23)16-10-17(24-21-16)15-2-1-8-19-11-15/h1-6,8,10-11,22H,7,9,12H2,(H,20,23). The zero-order chi connectivity index (χ0) is 16.8. The first kappa shape index (κ1) is 15.9. The summed E-state index contributed by atoms with van der Waals surface area (Å²) in [5, 5.41) is 15.6. The van der Waals surface area contributed by atoms with E-state index in [1.807, 2.05) is 30.3 Å². The Labute approximate surface area is 139 Å². The van der Waals surface area contributed by atoms with E-state index in [2.05, 4.69) is 15.5 Å². The maximum atomic E-state index is 12.1. The van der Waals surface area contributed by atoms with E-state index in [-0.39, 0.29) is 18.2 Å². The number of benzene rings is 1. The number of hydrogen-bond acceptors (Lipinski definition) is 5. The van der Waals surface area contributed by atoms with Gasteiger partial charge in [0.1, 0.15) is 0 Å². The van der Waals surface area contributed by atoms with Crippen LogP contribution in [-0.2, 0) is 13.0 Å². The third-order valence-corrected chi connectivity index (χ3v) is 3.59. The van der Waals surface area contributed by atoms with E-state index >= 15 is 0 Å². The molecule has 2 N–H and O–H groups in total. The number of rotatable bonds is 6. The number of aromatic nitrogens is 2. The molecule has 2 heterocycles. The summed E-state index contributed by atoms with van der Waals surface area (Å²) in [4.78, 5) is 16.1. The molecule has 0 saturated heterocycles. The van der Waals surface area contributed by atoms with Crippen molar-refractivity contribution < 1.29 is 14.4 Å². The molecule has 24 heavy (non-hydrogen) atoms. The highest BCUT2D eigenvalue weighted by Gasteiger charge is 2.13. The lowest BCUT2D eigenvalue weighted by molar-refractivity contribution is 0.0945. The highest BCUT2D eigenvalue weighted by atomic mass is 16.5. The highest BCUT2D eigenvalue weighted by Crippen LogP contribution is 2.18. The van der Waals surface area contributed by atoms with Crippen molar-refractivity contribution in [2.45, 2.75) is 13.0 Å². The number of nitrogens with one attached hydrogen (secondary N) is 1. The smallest absolute Gasteiger partial charge is 0.273 e. The van der Waals surface area contributed by atoms with Crippen molar-refractivity contribution in [1.29, 1.82) is 0 Å². The number of nitrogens with zero attached hydrogens (tertiary/aromatic N) is 2. The summed E-state index contributed by atoms with van der Waals surface area (Å²) in [5.41, 5.74) is 2.97. The third-order valence-electron chi connectivity index (χ3n) is 3.59. The minimum atomic E-state index is -0.277. The molecular formula is C18H17N3O3. The second-order valence-corrected chi connectivity index (χ2v) is 5.30. The number of carbonyl (C=O) groups excluding carboxylic acids is 1. The van der Waals surface area contributed by atoms with Gasteiger partial charge >= 0.3 is 0 Å². The van der Waals surface area contributed by atoms with Crippen LogP contribution in [0.4, 0.5) is 0 Å². The fourth-order valence-corrected chi connectivity index (χ4v) is 2.25. The predicted molar refractivity (Wildman–Crippen MR) is 88.1 cm³/mol. The van der Waals surface area contributed by atoms with Crippen LogP contribution in [0.2, 0.25) is 0 Å². The van der Waals surface area contributed by atoms with Gasteiger partial charge in [0, 0.05) is 30.6 Å². The Bertz CT molecular complexity index is 798. The Morgan fingerprint density at radius 2 is 1.96 bits per heavy atom. The first-order valence-electron chi connectivity index (χ1n) is 7.60. The Morgan fingerprint density at radius 3 is 2.67 bits per heavy atom. The third kappa shape index (κ3) is 3.85. The van der Waals surface area contributed by atoms with Gasteiger partial charge in [-0.25, -0.2) is 0 Å². The van der Waals surface area contributed by atoms with Crippen LogP contribution in [0.15, 0.2) is 59.4 Å². The SMILES string of the molecule is O=C(NCCc1ccc(CO)cc1)c1cc(-c2cccnc2)on1. The lowest BCUT2D eigenvalue weighted by Crippen LogP contribution is -2.25.